The number of nitrogens with zero attached hydrogens (tertiary/aromatic N) is 3. The lowest BCUT2D eigenvalue weighted by Crippen LogP contribution is -2.31. The van der Waals surface area contributed by atoms with Crippen LogP contribution in [0.1, 0.15) is 24.4 Å². The maximum absolute atomic E-state index is 6.10. The summed E-state index contributed by atoms with van der Waals surface area (Å²) in [4.78, 5) is 12.6. The first-order valence-corrected chi connectivity index (χ1v) is 12.1. The largest absolute Gasteiger partial charge is 0.496 e. The Bertz CT molecular complexity index is 1200. The molecule has 3 heterocycles. The molecule has 1 aliphatic rings. The van der Waals surface area contributed by atoms with Crippen LogP contribution in [0.3, 0.4) is 0 Å². The summed E-state index contributed by atoms with van der Waals surface area (Å²) < 4.78 is 5.69. The SMILES string of the molecule is COc1ccccc1C(CNc1ncnc2scc(-c3ccc(Cl)cc3)c12)N1CCCC1. The van der Waals surface area contributed by atoms with Gasteiger partial charge >= 0.3 is 0 Å². The smallest absolute Gasteiger partial charge is 0.138 e. The lowest BCUT2D eigenvalue weighted by atomic mass is 10.0. The third kappa shape index (κ3) is 4.18. The Hall–Kier alpha value is -2.67. The molecule has 1 fully saturated rings. The fraction of sp³-hybridized carbons (Fsp3) is 0.280. The first kappa shape index (κ1) is 21.2. The zero-order valence-corrected chi connectivity index (χ0v) is 19.5. The Morgan fingerprint density at radius 1 is 1.09 bits per heavy atom. The molecule has 32 heavy (non-hydrogen) atoms. The minimum Gasteiger partial charge on any atom is -0.496 e. The summed E-state index contributed by atoms with van der Waals surface area (Å²) in [5.41, 5.74) is 3.44. The monoisotopic (exact) mass is 464 g/mol. The van der Waals surface area contributed by atoms with Crippen LogP contribution in [0.4, 0.5) is 5.82 Å². The summed E-state index contributed by atoms with van der Waals surface area (Å²) in [6, 6.07) is 16.4. The van der Waals surface area contributed by atoms with E-state index in [1.165, 1.54) is 18.4 Å². The first-order chi connectivity index (χ1) is 15.7. The van der Waals surface area contributed by atoms with Crippen LogP contribution in [-0.4, -0.2) is 41.6 Å². The third-order valence-corrected chi connectivity index (χ3v) is 7.21. The molecule has 0 amide bonds. The maximum atomic E-state index is 6.10. The van der Waals surface area contributed by atoms with Crippen LogP contribution in [0.25, 0.3) is 21.3 Å². The van der Waals surface area contributed by atoms with Crippen molar-refractivity contribution in [3.63, 3.8) is 0 Å². The van der Waals surface area contributed by atoms with E-state index < -0.39 is 0 Å². The van der Waals surface area contributed by atoms with E-state index >= 15 is 0 Å². The predicted molar refractivity (Wildman–Crippen MR) is 133 cm³/mol. The van der Waals surface area contributed by atoms with Crippen LogP contribution in [-0.2, 0) is 0 Å². The van der Waals surface area contributed by atoms with E-state index in [0.29, 0.717) is 0 Å². The molecular formula is C25H25ClN4OS. The van der Waals surface area contributed by atoms with Gasteiger partial charge in [0.1, 0.15) is 22.7 Å². The Balaban J connectivity index is 1.49. The molecule has 2 aromatic carbocycles. The zero-order valence-electron chi connectivity index (χ0n) is 17.9. The molecule has 7 heteroatoms. The quantitative estimate of drug-likeness (QED) is 0.349. The highest BCUT2D eigenvalue weighted by atomic mass is 35.5. The number of benzene rings is 2. The highest BCUT2D eigenvalue weighted by Crippen LogP contribution is 2.38. The summed E-state index contributed by atoms with van der Waals surface area (Å²) in [5.74, 6) is 1.79. The Morgan fingerprint density at radius 2 is 1.88 bits per heavy atom. The van der Waals surface area contributed by atoms with Crippen molar-refractivity contribution < 1.29 is 4.74 Å². The number of aromatic nitrogens is 2. The minimum absolute atomic E-state index is 0.205. The molecule has 5 nitrogen and oxygen atoms in total. The van der Waals surface area contributed by atoms with Crippen LogP contribution in [0.5, 0.6) is 5.75 Å². The van der Waals surface area contributed by atoms with Crippen LogP contribution < -0.4 is 10.1 Å². The highest BCUT2D eigenvalue weighted by molar-refractivity contribution is 7.17. The average molecular weight is 465 g/mol. The van der Waals surface area contributed by atoms with Gasteiger partial charge in [0, 0.05) is 28.1 Å². The van der Waals surface area contributed by atoms with Gasteiger partial charge in [0.25, 0.3) is 0 Å². The van der Waals surface area contributed by atoms with Crippen molar-refractivity contribution in [3.8, 4) is 16.9 Å². The second-order valence-corrected chi connectivity index (χ2v) is 9.23. The molecule has 0 saturated carbocycles. The Labute approximate surface area is 197 Å². The number of fused-ring (bicyclic) bond motifs is 1. The number of hydrogen-bond donors (Lipinski definition) is 1. The molecule has 5 rings (SSSR count). The number of methoxy groups -OCH3 is 1. The number of halogens is 1. The molecule has 164 valence electrons. The van der Waals surface area contributed by atoms with Crippen molar-refractivity contribution in [3.05, 3.63) is 70.8 Å². The summed E-state index contributed by atoms with van der Waals surface area (Å²) in [7, 11) is 1.74. The van der Waals surface area contributed by atoms with E-state index in [0.717, 1.165) is 57.6 Å². The van der Waals surface area contributed by atoms with Crippen molar-refractivity contribution in [2.75, 3.05) is 32.1 Å². The molecule has 0 radical (unpaired) electrons. The second kappa shape index (κ2) is 9.45. The van der Waals surface area contributed by atoms with E-state index in [1.54, 1.807) is 24.8 Å². The van der Waals surface area contributed by atoms with E-state index in [9.17, 15) is 0 Å². The van der Waals surface area contributed by atoms with E-state index in [2.05, 4.69) is 37.7 Å². The maximum Gasteiger partial charge on any atom is 0.138 e. The first-order valence-electron chi connectivity index (χ1n) is 10.8. The fourth-order valence-corrected chi connectivity index (χ4v) is 5.52. The van der Waals surface area contributed by atoms with Gasteiger partial charge in [0.15, 0.2) is 0 Å². The topological polar surface area (TPSA) is 50.3 Å². The van der Waals surface area contributed by atoms with Crippen LogP contribution in [0.2, 0.25) is 5.02 Å². The van der Waals surface area contributed by atoms with Crippen molar-refractivity contribution >= 4 is 39.0 Å². The van der Waals surface area contributed by atoms with E-state index in [-0.39, 0.29) is 6.04 Å². The zero-order chi connectivity index (χ0) is 21.9. The third-order valence-electron chi connectivity index (χ3n) is 6.07. The number of thiophene rings is 1. The van der Waals surface area contributed by atoms with Gasteiger partial charge in [-0.15, -0.1) is 11.3 Å². The number of nitrogens with one attached hydrogen (secondary N) is 1. The molecule has 4 aromatic rings. The van der Waals surface area contributed by atoms with Gasteiger partial charge < -0.3 is 10.1 Å². The number of ether oxygens (including phenoxy) is 1. The normalized spacial score (nSPS) is 15.2. The standard InChI is InChI=1S/C25H25ClN4OS/c1-31-22-7-3-2-6-19(22)21(30-12-4-5-13-30)14-27-24-23-20(15-32-25(23)29-16-28-24)17-8-10-18(26)11-9-17/h2-3,6-11,15-16,21H,4-5,12-14H2,1H3,(H,27,28,29). The molecular weight excluding hydrogens is 440 g/mol. The summed E-state index contributed by atoms with van der Waals surface area (Å²) in [5, 5.41) is 7.58. The summed E-state index contributed by atoms with van der Waals surface area (Å²) >= 11 is 7.74. The van der Waals surface area contributed by atoms with Crippen molar-refractivity contribution in [2.24, 2.45) is 0 Å². The van der Waals surface area contributed by atoms with Crippen LogP contribution in [0, 0.1) is 0 Å². The average Bonchev–Trinajstić information content (AvgIpc) is 3.51. The number of para-hydroxylation sites is 1. The molecule has 1 unspecified atom stereocenters. The molecule has 1 atom stereocenters. The minimum atomic E-state index is 0.205. The molecule has 1 N–H and O–H groups in total. The summed E-state index contributed by atoms with van der Waals surface area (Å²) in [6.07, 6.45) is 4.10. The van der Waals surface area contributed by atoms with Crippen molar-refractivity contribution in [1.29, 1.82) is 0 Å². The molecule has 0 bridgehead atoms. The molecule has 1 saturated heterocycles. The van der Waals surface area contributed by atoms with Gasteiger partial charge in [-0.25, -0.2) is 9.97 Å². The van der Waals surface area contributed by atoms with Gasteiger partial charge in [0.05, 0.1) is 18.5 Å². The molecule has 1 aliphatic heterocycles. The highest BCUT2D eigenvalue weighted by Gasteiger charge is 2.26. The molecule has 0 spiro atoms. The van der Waals surface area contributed by atoms with E-state index in [1.807, 2.05) is 36.4 Å². The lowest BCUT2D eigenvalue weighted by Gasteiger charge is -2.29. The fourth-order valence-electron chi connectivity index (χ4n) is 4.48. The lowest BCUT2D eigenvalue weighted by molar-refractivity contribution is 0.249. The predicted octanol–water partition coefficient (Wildman–Crippen LogP) is 6.27. The molecule has 2 aromatic heterocycles. The van der Waals surface area contributed by atoms with Gasteiger partial charge in [-0.1, -0.05) is 41.9 Å². The van der Waals surface area contributed by atoms with E-state index in [4.69, 9.17) is 16.3 Å². The van der Waals surface area contributed by atoms with Gasteiger partial charge in [-0.3, -0.25) is 4.90 Å². The van der Waals surface area contributed by atoms with Crippen molar-refractivity contribution in [2.45, 2.75) is 18.9 Å². The van der Waals surface area contributed by atoms with Gasteiger partial charge in [-0.05, 0) is 49.7 Å². The number of hydrogen-bond acceptors (Lipinski definition) is 6. The Morgan fingerprint density at radius 3 is 2.66 bits per heavy atom. The van der Waals surface area contributed by atoms with Crippen molar-refractivity contribution in [1.82, 2.24) is 14.9 Å². The van der Waals surface area contributed by atoms with Gasteiger partial charge in [0.2, 0.25) is 0 Å². The Kier molecular flexibility index (Phi) is 6.26. The number of likely N-dealkylation sites (tertiary alicyclic amines) is 1. The summed E-state index contributed by atoms with van der Waals surface area (Å²) in [6.45, 7) is 2.93. The number of anilines is 1. The van der Waals surface area contributed by atoms with Crippen LogP contribution in [0.15, 0.2) is 60.2 Å². The van der Waals surface area contributed by atoms with Gasteiger partial charge in [-0.2, -0.15) is 0 Å². The van der Waals surface area contributed by atoms with Crippen LogP contribution >= 0.6 is 22.9 Å². The molecule has 0 aliphatic carbocycles. The number of rotatable bonds is 7. The second-order valence-electron chi connectivity index (χ2n) is 7.94.